The first-order valence-corrected chi connectivity index (χ1v) is 19.3. The number of rotatable bonds is 10. The van der Waals surface area contributed by atoms with Crippen LogP contribution in [-0.4, -0.2) is 79.2 Å². The minimum atomic E-state index is -0.696. The molecule has 3 aliphatic rings. The van der Waals surface area contributed by atoms with Crippen LogP contribution in [0.15, 0.2) is 48.8 Å². The van der Waals surface area contributed by atoms with E-state index >= 15 is 0 Å². The number of piperidine rings is 1. The number of ether oxygens (including phenoxy) is 2. The molecule has 2 aliphatic carbocycles. The Balaban J connectivity index is 1.06. The number of nitrogens with one attached hydrogen (secondary N) is 3. The van der Waals surface area contributed by atoms with Gasteiger partial charge in [-0.05, 0) is 117 Å². The van der Waals surface area contributed by atoms with Crippen LogP contribution in [-0.2, 0) is 33.7 Å². The van der Waals surface area contributed by atoms with Crippen LogP contribution in [0.1, 0.15) is 96.0 Å². The molecule has 2 aromatic heterocycles. The minimum Gasteiger partial charge on any atom is -0.453 e. The van der Waals surface area contributed by atoms with Gasteiger partial charge in [-0.15, -0.1) is 0 Å². The average molecular weight is 736 g/mol. The van der Waals surface area contributed by atoms with Crippen molar-refractivity contribution in [1.82, 2.24) is 35.1 Å². The number of alkyl carbamates (subject to hydrolysis) is 1. The summed E-state index contributed by atoms with van der Waals surface area (Å²) in [5, 5.41) is 2.69. The highest BCUT2D eigenvalue weighted by molar-refractivity contribution is 5.86. The maximum Gasteiger partial charge on any atom is 0.411 e. The lowest BCUT2D eigenvalue weighted by molar-refractivity contribution is -0.135. The van der Waals surface area contributed by atoms with Crippen LogP contribution in [0.4, 0.5) is 9.59 Å². The van der Waals surface area contributed by atoms with Crippen molar-refractivity contribution in [3.05, 3.63) is 71.6 Å². The number of hydrogen-bond donors (Lipinski definition) is 3. The molecular formula is C42H53N7O5. The Hall–Kier alpha value is -5.13. The number of benzene rings is 2. The fourth-order valence-electron chi connectivity index (χ4n) is 8.49. The molecule has 7 rings (SSSR count). The lowest BCUT2D eigenvalue weighted by atomic mass is 9.83. The molecule has 2 aromatic carbocycles. The van der Waals surface area contributed by atoms with Crippen LogP contribution in [0, 0.1) is 11.8 Å². The van der Waals surface area contributed by atoms with E-state index in [0.717, 1.165) is 66.9 Å². The number of aryl methyl sites for hydroxylation is 2. The molecule has 1 aliphatic heterocycles. The number of methoxy groups -OCH3 is 1. The minimum absolute atomic E-state index is 0.0951. The van der Waals surface area contributed by atoms with E-state index in [4.69, 9.17) is 14.5 Å². The van der Waals surface area contributed by atoms with Crippen LogP contribution in [0.5, 0.6) is 0 Å². The third-order valence-corrected chi connectivity index (χ3v) is 11.0. The Kier molecular flexibility index (Phi) is 10.3. The third kappa shape index (κ3) is 7.47. The van der Waals surface area contributed by atoms with Gasteiger partial charge < -0.3 is 29.7 Å². The smallest absolute Gasteiger partial charge is 0.411 e. The largest absolute Gasteiger partial charge is 0.453 e. The Bertz CT molecular complexity index is 2030. The highest BCUT2D eigenvalue weighted by Crippen LogP contribution is 2.50. The zero-order valence-electron chi connectivity index (χ0n) is 32.5. The van der Waals surface area contributed by atoms with Gasteiger partial charge in [0.15, 0.2) is 0 Å². The molecule has 3 amide bonds. The monoisotopic (exact) mass is 735 g/mol. The van der Waals surface area contributed by atoms with Gasteiger partial charge in [-0.1, -0.05) is 45.0 Å². The number of aromatic amines is 2. The quantitative estimate of drug-likeness (QED) is 0.151. The number of nitrogens with zero attached hydrogens (tertiary/aromatic N) is 4. The Morgan fingerprint density at radius 3 is 2.22 bits per heavy atom. The summed E-state index contributed by atoms with van der Waals surface area (Å²) in [6.07, 6.45) is 8.56. The van der Waals surface area contributed by atoms with E-state index in [-0.39, 0.29) is 30.0 Å². The SMILES string of the molecule is CCCN(Cc1ncc(-c2ccc3c(c2)CCc2cc(-c4cnc([C@@H]5[C@H]6CC[C@H](C6)N5C(=O)OC(C)(C)C)[nH]4)ccc2-3)[nH]1)C(=O)[C@@H](NC(=O)OC)C(C)C. The zero-order chi connectivity index (χ0) is 38.3. The second-order valence-electron chi connectivity index (χ2n) is 16.3. The van der Waals surface area contributed by atoms with Crippen LogP contribution >= 0.6 is 0 Å². The van der Waals surface area contributed by atoms with Crippen molar-refractivity contribution >= 4 is 18.1 Å². The van der Waals surface area contributed by atoms with Crippen LogP contribution in [0.3, 0.4) is 0 Å². The van der Waals surface area contributed by atoms with Gasteiger partial charge in [-0.25, -0.2) is 19.6 Å². The number of aromatic nitrogens is 4. The highest BCUT2D eigenvalue weighted by atomic mass is 16.6. The fraction of sp³-hybridized carbons (Fsp3) is 0.500. The maximum atomic E-state index is 13.5. The molecule has 3 heterocycles. The maximum absolute atomic E-state index is 13.5. The molecule has 12 heteroatoms. The number of imidazole rings is 2. The standard InChI is InChI=1S/C42H53N7O5/c1-8-17-48(39(50)36(24(2)3)47-40(51)53-7)23-35-43-21-33(45-35)27-12-15-31-25(18-27)9-10-26-19-28(13-16-32(26)31)34-22-44-38(46-34)37-29-11-14-30(20-29)49(37)41(52)54-42(4,5)6/h12-13,15-16,18-19,21-22,24,29-30,36-37H,8-11,14,17,20,23H2,1-7H3,(H,43,45)(H,44,46)(H,47,51)/t29-,30+,36-,37-/m0/s1. The number of carbonyl (C=O) groups is 3. The first-order chi connectivity index (χ1) is 25.8. The van der Waals surface area contributed by atoms with Crippen molar-refractivity contribution < 1.29 is 23.9 Å². The number of fused-ring (bicyclic) bond motifs is 5. The molecule has 4 atom stereocenters. The molecule has 0 radical (unpaired) electrons. The van der Waals surface area contributed by atoms with E-state index in [0.29, 0.717) is 24.8 Å². The van der Waals surface area contributed by atoms with Gasteiger partial charge >= 0.3 is 12.2 Å². The molecular weight excluding hydrogens is 683 g/mol. The van der Waals surface area contributed by atoms with Crippen molar-refractivity contribution in [1.29, 1.82) is 0 Å². The third-order valence-electron chi connectivity index (χ3n) is 11.0. The summed E-state index contributed by atoms with van der Waals surface area (Å²) in [6, 6.07) is 12.6. The Labute approximate surface area is 317 Å². The zero-order valence-corrected chi connectivity index (χ0v) is 32.5. The number of H-pyrrole nitrogens is 2. The molecule has 0 spiro atoms. The average Bonchev–Trinajstić information content (AvgIpc) is 3.97. The fourth-order valence-corrected chi connectivity index (χ4v) is 8.49. The number of amides is 3. The van der Waals surface area contributed by atoms with E-state index in [1.165, 1.54) is 29.4 Å². The normalized spacial score (nSPS) is 19.3. The molecule has 2 fully saturated rings. The van der Waals surface area contributed by atoms with E-state index < -0.39 is 17.7 Å². The van der Waals surface area contributed by atoms with Gasteiger partial charge in [0.2, 0.25) is 5.91 Å². The van der Waals surface area contributed by atoms with Gasteiger partial charge in [-0.2, -0.15) is 0 Å². The van der Waals surface area contributed by atoms with Crippen LogP contribution in [0.2, 0.25) is 0 Å². The van der Waals surface area contributed by atoms with Gasteiger partial charge in [-0.3, -0.25) is 9.69 Å². The van der Waals surface area contributed by atoms with Crippen molar-refractivity contribution in [2.24, 2.45) is 11.8 Å². The molecule has 286 valence electrons. The molecule has 1 saturated heterocycles. The Morgan fingerprint density at radius 2 is 1.61 bits per heavy atom. The highest BCUT2D eigenvalue weighted by Gasteiger charge is 2.51. The molecule has 12 nitrogen and oxygen atoms in total. The molecule has 2 bridgehead atoms. The van der Waals surface area contributed by atoms with Gasteiger partial charge in [0, 0.05) is 12.6 Å². The number of carbonyl (C=O) groups excluding carboxylic acids is 3. The second kappa shape index (κ2) is 14.9. The van der Waals surface area contributed by atoms with Gasteiger partial charge in [0.1, 0.15) is 23.3 Å². The topological polar surface area (TPSA) is 146 Å². The van der Waals surface area contributed by atoms with E-state index in [1.807, 2.05) is 58.8 Å². The summed E-state index contributed by atoms with van der Waals surface area (Å²) in [4.78, 5) is 58.9. The predicted molar refractivity (Wildman–Crippen MR) is 206 cm³/mol. The molecule has 54 heavy (non-hydrogen) atoms. The summed E-state index contributed by atoms with van der Waals surface area (Å²) in [7, 11) is 1.29. The predicted octanol–water partition coefficient (Wildman–Crippen LogP) is 7.81. The van der Waals surface area contributed by atoms with Crippen molar-refractivity contribution in [2.75, 3.05) is 13.7 Å². The summed E-state index contributed by atoms with van der Waals surface area (Å²) in [6.45, 7) is 12.4. The van der Waals surface area contributed by atoms with E-state index in [2.05, 4.69) is 56.7 Å². The van der Waals surface area contributed by atoms with Crippen molar-refractivity contribution in [2.45, 2.75) is 110 Å². The van der Waals surface area contributed by atoms with E-state index in [9.17, 15) is 14.4 Å². The number of likely N-dealkylation sites (tertiary alicyclic amines) is 1. The van der Waals surface area contributed by atoms with Crippen molar-refractivity contribution in [3.63, 3.8) is 0 Å². The Morgan fingerprint density at radius 1 is 0.963 bits per heavy atom. The lowest BCUT2D eigenvalue weighted by Crippen LogP contribution is -2.51. The molecule has 3 N–H and O–H groups in total. The van der Waals surface area contributed by atoms with Gasteiger partial charge in [0.05, 0.1) is 43.5 Å². The number of hydrogen-bond acceptors (Lipinski definition) is 7. The van der Waals surface area contributed by atoms with E-state index in [1.54, 1.807) is 4.90 Å². The first-order valence-electron chi connectivity index (χ1n) is 19.3. The lowest BCUT2D eigenvalue weighted by Gasteiger charge is -2.35. The summed E-state index contributed by atoms with van der Waals surface area (Å²) >= 11 is 0. The summed E-state index contributed by atoms with van der Waals surface area (Å²) in [5.41, 5.74) is 8.46. The van der Waals surface area contributed by atoms with Gasteiger partial charge in [0.25, 0.3) is 0 Å². The molecule has 1 saturated carbocycles. The van der Waals surface area contributed by atoms with Crippen LogP contribution < -0.4 is 5.32 Å². The first kappa shape index (κ1) is 37.2. The molecule has 0 unspecified atom stereocenters. The molecule has 4 aromatic rings. The summed E-state index contributed by atoms with van der Waals surface area (Å²) < 4.78 is 10.6. The van der Waals surface area contributed by atoms with Crippen molar-refractivity contribution in [3.8, 4) is 33.6 Å². The van der Waals surface area contributed by atoms with Crippen LogP contribution in [0.25, 0.3) is 33.6 Å². The summed E-state index contributed by atoms with van der Waals surface area (Å²) in [5.74, 6) is 1.64. The second-order valence-corrected chi connectivity index (χ2v) is 16.3.